The Morgan fingerprint density at radius 2 is 2.41 bits per heavy atom. The smallest absolute Gasteiger partial charge is 0.123 e. The number of rotatable bonds is 5. The second-order valence-corrected chi connectivity index (χ2v) is 4.42. The van der Waals surface area contributed by atoms with Crippen molar-refractivity contribution < 1.29 is 14.2 Å². The Morgan fingerprint density at radius 3 is 3.18 bits per heavy atom. The highest BCUT2D eigenvalue weighted by Gasteiger charge is 2.22. The number of halogens is 1. The quantitative estimate of drug-likeness (QED) is 0.818. The molecule has 0 aliphatic carbocycles. The van der Waals surface area contributed by atoms with E-state index in [1.165, 1.54) is 12.1 Å². The van der Waals surface area contributed by atoms with Crippen LogP contribution in [0, 0.1) is 5.82 Å². The van der Waals surface area contributed by atoms with Crippen LogP contribution in [0.3, 0.4) is 0 Å². The zero-order valence-corrected chi connectivity index (χ0v) is 9.95. The second-order valence-electron chi connectivity index (χ2n) is 4.42. The third-order valence-corrected chi connectivity index (χ3v) is 2.99. The highest BCUT2D eigenvalue weighted by molar-refractivity contribution is 5.37. The predicted molar refractivity (Wildman–Crippen MR) is 63.7 cm³/mol. The first-order valence-corrected chi connectivity index (χ1v) is 6.03. The summed E-state index contributed by atoms with van der Waals surface area (Å²) in [5, 5.41) is 12.5. The van der Waals surface area contributed by atoms with Gasteiger partial charge in [0.1, 0.15) is 17.7 Å². The average molecular weight is 239 g/mol. The molecule has 0 radical (unpaired) electrons. The minimum absolute atomic E-state index is 0.0378. The summed E-state index contributed by atoms with van der Waals surface area (Å²) in [6, 6.07) is 4.61. The van der Waals surface area contributed by atoms with Gasteiger partial charge in [0.2, 0.25) is 0 Å². The predicted octanol–water partition coefficient (Wildman–Crippen LogP) is 1.49. The molecule has 1 aliphatic heterocycles. The molecule has 94 valence electrons. The fraction of sp³-hybridized carbons (Fsp3) is 0.538. The van der Waals surface area contributed by atoms with Gasteiger partial charge in [0.25, 0.3) is 0 Å². The van der Waals surface area contributed by atoms with Gasteiger partial charge in [-0.2, -0.15) is 0 Å². The van der Waals surface area contributed by atoms with E-state index in [1.807, 2.05) is 6.92 Å². The minimum atomic E-state index is -0.309. The van der Waals surface area contributed by atoms with Crippen molar-refractivity contribution in [3.8, 4) is 5.75 Å². The van der Waals surface area contributed by atoms with Crippen molar-refractivity contribution >= 4 is 0 Å². The zero-order valence-electron chi connectivity index (χ0n) is 9.95. The summed E-state index contributed by atoms with van der Waals surface area (Å²) < 4.78 is 18.7. The third kappa shape index (κ3) is 3.17. The van der Waals surface area contributed by atoms with Crippen molar-refractivity contribution in [2.24, 2.45) is 0 Å². The van der Waals surface area contributed by atoms with E-state index in [-0.39, 0.29) is 18.0 Å². The van der Waals surface area contributed by atoms with Crippen molar-refractivity contribution in [1.29, 1.82) is 0 Å². The van der Waals surface area contributed by atoms with Crippen LogP contribution in [0.15, 0.2) is 18.2 Å². The van der Waals surface area contributed by atoms with Crippen LogP contribution in [0.25, 0.3) is 0 Å². The molecular formula is C13H18FNO2. The van der Waals surface area contributed by atoms with E-state index in [2.05, 4.69) is 5.32 Å². The Kier molecular flexibility index (Phi) is 3.97. The fourth-order valence-electron chi connectivity index (χ4n) is 1.96. The van der Waals surface area contributed by atoms with Crippen LogP contribution in [0.4, 0.5) is 4.39 Å². The molecule has 0 amide bonds. The maximum absolute atomic E-state index is 13.0. The van der Waals surface area contributed by atoms with Gasteiger partial charge >= 0.3 is 0 Å². The summed E-state index contributed by atoms with van der Waals surface area (Å²) in [5.74, 6) is 0.552. The molecule has 2 atom stereocenters. The highest BCUT2D eigenvalue weighted by atomic mass is 19.1. The maximum Gasteiger partial charge on any atom is 0.123 e. The maximum atomic E-state index is 13.0. The van der Waals surface area contributed by atoms with Crippen LogP contribution in [0.5, 0.6) is 5.75 Å². The molecule has 0 spiro atoms. The lowest BCUT2D eigenvalue weighted by atomic mass is 10.1. The van der Waals surface area contributed by atoms with Crippen molar-refractivity contribution in [3.63, 3.8) is 0 Å². The fourth-order valence-corrected chi connectivity index (χ4v) is 1.96. The average Bonchev–Trinajstić information content (AvgIpc) is 2.70. The van der Waals surface area contributed by atoms with Gasteiger partial charge in [-0.25, -0.2) is 4.39 Å². The van der Waals surface area contributed by atoms with Crippen molar-refractivity contribution in [1.82, 2.24) is 5.32 Å². The molecule has 1 aromatic carbocycles. The van der Waals surface area contributed by atoms with Gasteiger partial charge in [-0.3, -0.25) is 0 Å². The number of hydrogen-bond donors (Lipinski definition) is 2. The first-order valence-electron chi connectivity index (χ1n) is 6.03. The lowest BCUT2D eigenvalue weighted by Crippen LogP contribution is -2.34. The van der Waals surface area contributed by atoms with Crippen LogP contribution in [0.2, 0.25) is 0 Å². The number of benzene rings is 1. The molecule has 4 heteroatoms. The van der Waals surface area contributed by atoms with Crippen molar-refractivity contribution in [2.75, 3.05) is 13.1 Å². The van der Waals surface area contributed by atoms with E-state index in [4.69, 9.17) is 4.74 Å². The van der Waals surface area contributed by atoms with E-state index in [0.29, 0.717) is 13.1 Å². The normalized spacial score (nSPS) is 19.8. The largest absolute Gasteiger partial charge is 0.488 e. The highest BCUT2D eigenvalue weighted by Crippen LogP contribution is 2.28. The standard InChI is InChI=1S/C13H18FNO2/c1-2-11(16)7-15-8-12-6-9-5-10(14)3-4-13(9)17-12/h3-5,11-12,15-16H,2,6-8H2,1H3. The Hall–Kier alpha value is -1.13. The number of aliphatic hydroxyl groups excluding tert-OH is 1. The lowest BCUT2D eigenvalue weighted by Gasteiger charge is -2.13. The molecule has 1 aromatic rings. The first-order chi connectivity index (χ1) is 8.19. The van der Waals surface area contributed by atoms with Crippen LogP contribution in [-0.4, -0.2) is 30.4 Å². The molecule has 0 fully saturated rings. The van der Waals surface area contributed by atoms with Crippen LogP contribution >= 0.6 is 0 Å². The molecule has 0 aromatic heterocycles. The Morgan fingerprint density at radius 1 is 1.59 bits per heavy atom. The second kappa shape index (κ2) is 5.47. The molecule has 2 N–H and O–H groups in total. The van der Waals surface area contributed by atoms with Gasteiger partial charge in [-0.05, 0) is 24.6 Å². The molecule has 1 heterocycles. The van der Waals surface area contributed by atoms with Crippen LogP contribution < -0.4 is 10.1 Å². The molecule has 17 heavy (non-hydrogen) atoms. The Labute approximate surface area is 101 Å². The molecule has 3 nitrogen and oxygen atoms in total. The van der Waals surface area contributed by atoms with Crippen molar-refractivity contribution in [3.05, 3.63) is 29.6 Å². The SMILES string of the molecule is CCC(O)CNCC1Cc2cc(F)ccc2O1. The molecule has 0 bridgehead atoms. The van der Waals surface area contributed by atoms with Gasteiger partial charge in [-0.15, -0.1) is 0 Å². The molecule has 1 aliphatic rings. The number of aliphatic hydroxyl groups is 1. The topological polar surface area (TPSA) is 41.5 Å². The number of hydrogen-bond acceptors (Lipinski definition) is 3. The molecule has 0 saturated carbocycles. The monoisotopic (exact) mass is 239 g/mol. The lowest BCUT2D eigenvalue weighted by molar-refractivity contribution is 0.158. The van der Waals surface area contributed by atoms with Gasteiger partial charge in [-0.1, -0.05) is 6.92 Å². The molecule has 0 saturated heterocycles. The molecular weight excluding hydrogens is 221 g/mol. The van der Waals surface area contributed by atoms with E-state index < -0.39 is 0 Å². The van der Waals surface area contributed by atoms with E-state index in [9.17, 15) is 9.50 Å². The summed E-state index contributed by atoms with van der Waals surface area (Å²) in [6.07, 6.45) is 1.19. The third-order valence-electron chi connectivity index (χ3n) is 2.99. The number of fused-ring (bicyclic) bond motifs is 1. The van der Waals surface area contributed by atoms with E-state index in [1.54, 1.807) is 6.07 Å². The number of ether oxygens (including phenoxy) is 1. The molecule has 2 rings (SSSR count). The van der Waals surface area contributed by atoms with E-state index >= 15 is 0 Å². The Bertz CT molecular complexity index is 384. The van der Waals surface area contributed by atoms with Crippen molar-refractivity contribution in [2.45, 2.75) is 32.0 Å². The van der Waals surface area contributed by atoms with Gasteiger partial charge in [0.15, 0.2) is 0 Å². The summed E-state index contributed by atoms with van der Waals surface area (Å²) in [4.78, 5) is 0. The van der Waals surface area contributed by atoms with Crippen LogP contribution in [0.1, 0.15) is 18.9 Å². The van der Waals surface area contributed by atoms with Crippen LogP contribution in [-0.2, 0) is 6.42 Å². The Balaban J connectivity index is 1.80. The number of nitrogens with one attached hydrogen (secondary N) is 1. The first kappa shape index (κ1) is 12.3. The summed E-state index contributed by atoms with van der Waals surface area (Å²) in [7, 11) is 0. The van der Waals surface area contributed by atoms with E-state index in [0.717, 1.165) is 24.2 Å². The summed E-state index contributed by atoms with van der Waals surface area (Å²) in [6.45, 7) is 3.19. The minimum Gasteiger partial charge on any atom is -0.488 e. The van der Waals surface area contributed by atoms with Gasteiger partial charge in [0.05, 0.1) is 6.10 Å². The summed E-state index contributed by atoms with van der Waals surface area (Å²) in [5.41, 5.74) is 0.924. The van der Waals surface area contributed by atoms with Gasteiger partial charge in [0, 0.05) is 25.1 Å². The zero-order chi connectivity index (χ0) is 12.3. The summed E-state index contributed by atoms with van der Waals surface area (Å²) >= 11 is 0. The molecule has 2 unspecified atom stereocenters. The van der Waals surface area contributed by atoms with Gasteiger partial charge < -0.3 is 15.2 Å².